The zero-order valence-corrected chi connectivity index (χ0v) is 9.38. The number of nitrogens with zero attached hydrogens (tertiary/aromatic N) is 2. The minimum atomic E-state index is 0.482. The number of aromatic nitrogens is 2. The summed E-state index contributed by atoms with van der Waals surface area (Å²) in [5.74, 6) is 1.52. The van der Waals surface area contributed by atoms with Crippen molar-refractivity contribution in [1.82, 2.24) is 9.97 Å². The lowest BCUT2D eigenvalue weighted by Crippen LogP contribution is -1.94. The van der Waals surface area contributed by atoms with Crippen LogP contribution in [0, 0.1) is 0 Å². The molecule has 0 aliphatic rings. The fraction of sp³-hybridized carbons (Fsp3) is 0.273. The number of hydrogen-bond donors (Lipinski definition) is 0. The number of fused-ring (bicyclic) bond motifs is 1. The third-order valence-corrected chi connectivity index (χ3v) is 2.51. The fourth-order valence-corrected chi connectivity index (χ4v) is 1.65. The van der Waals surface area contributed by atoms with Crippen LogP contribution >= 0.6 is 11.6 Å². The van der Waals surface area contributed by atoms with Crippen molar-refractivity contribution in [3.8, 4) is 5.75 Å². The molecule has 15 heavy (non-hydrogen) atoms. The monoisotopic (exact) mass is 222 g/mol. The van der Waals surface area contributed by atoms with Gasteiger partial charge in [0.15, 0.2) is 0 Å². The van der Waals surface area contributed by atoms with Crippen molar-refractivity contribution < 1.29 is 4.74 Å². The molecule has 2 rings (SSSR count). The number of hydrogen-bond acceptors (Lipinski definition) is 3. The summed E-state index contributed by atoms with van der Waals surface area (Å²) in [5, 5.41) is 1.31. The number of aryl methyl sites for hydroxylation is 1. The Morgan fingerprint density at radius 2 is 2.13 bits per heavy atom. The smallest absolute Gasteiger partial charge is 0.140 e. The molecule has 0 aliphatic carbocycles. The highest BCUT2D eigenvalue weighted by atomic mass is 35.5. The maximum absolute atomic E-state index is 6.06. The van der Waals surface area contributed by atoms with Crippen LogP contribution in [0.3, 0.4) is 0 Å². The zero-order valence-electron chi connectivity index (χ0n) is 8.62. The first-order chi connectivity index (χ1) is 7.24. The summed E-state index contributed by atoms with van der Waals surface area (Å²) >= 11 is 6.06. The van der Waals surface area contributed by atoms with Crippen LogP contribution in [-0.4, -0.2) is 17.1 Å². The van der Waals surface area contributed by atoms with Crippen molar-refractivity contribution in [1.29, 1.82) is 0 Å². The average molecular weight is 223 g/mol. The van der Waals surface area contributed by atoms with Crippen LogP contribution in [-0.2, 0) is 6.42 Å². The summed E-state index contributed by atoms with van der Waals surface area (Å²) in [7, 11) is 1.62. The Morgan fingerprint density at radius 1 is 1.33 bits per heavy atom. The molecule has 0 N–H and O–H groups in total. The molecular formula is C11H11ClN2O. The molecule has 0 amide bonds. The summed E-state index contributed by atoms with van der Waals surface area (Å²) in [6.45, 7) is 2.00. The van der Waals surface area contributed by atoms with E-state index in [1.54, 1.807) is 7.11 Å². The first-order valence-electron chi connectivity index (χ1n) is 4.74. The summed E-state index contributed by atoms with van der Waals surface area (Å²) in [4.78, 5) is 8.57. The molecule has 3 nitrogen and oxygen atoms in total. The highest BCUT2D eigenvalue weighted by Gasteiger charge is 2.05. The third kappa shape index (κ3) is 1.88. The molecule has 0 bridgehead atoms. The highest BCUT2D eigenvalue weighted by Crippen LogP contribution is 2.24. The molecule has 0 saturated carbocycles. The molecule has 0 fully saturated rings. The molecule has 2 aromatic rings. The maximum Gasteiger partial charge on any atom is 0.140 e. The van der Waals surface area contributed by atoms with Crippen LogP contribution in [0.4, 0.5) is 0 Å². The molecule has 0 spiro atoms. The number of methoxy groups -OCH3 is 1. The van der Waals surface area contributed by atoms with Gasteiger partial charge in [-0.3, -0.25) is 0 Å². The lowest BCUT2D eigenvalue weighted by molar-refractivity contribution is 0.415. The Labute approximate surface area is 93.1 Å². The van der Waals surface area contributed by atoms with Crippen molar-refractivity contribution in [3.05, 3.63) is 29.2 Å². The quantitative estimate of drug-likeness (QED) is 0.733. The molecule has 1 heterocycles. The lowest BCUT2D eigenvalue weighted by Gasteiger charge is -2.04. The first-order valence-corrected chi connectivity index (χ1v) is 5.12. The second-order valence-electron chi connectivity index (χ2n) is 3.17. The summed E-state index contributed by atoms with van der Waals surface area (Å²) in [6.07, 6.45) is 0.779. The van der Waals surface area contributed by atoms with Gasteiger partial charge in [0.25, 0.3) is 0 Å². The van der Waals surface area contributed by atoms with Gasteiger partial charge in [0.1, 0.15) is 16.7 Å². The van der Waals surface area contributed by atoms with Gasteiger partial charge in [0.05, 0.1) is 12.6 Å². The van der Waals surface area contributed by atoms with E-state index >= 15 is 0 Å². The molecule has 78 valence electrons. The summed E-state index contributed by atoms with van der Waals surface area (Å²) in [6, 6.07) is 5.60. The van der Waals surface area contributed by atoms with E-state index in [1.807, 2.05) is 25.1 Å². The number of halogens is 1. The van der Waals surface area contributed by atoms with E-state index in [1.165, 1.54) is 0 Å². The van der Waals surface area contributed by atoms with Crippen molar-refractivity contribution in [2.45, 2.75) is 13.3 Å². The van der Waals surface area contributed by atoms with E-state index in [-0.39, 0.29) is 0 Å². The molecule has 0 unspecified atom stereocenters. The Hall–Kier alpha value is -1.35. The second kappa shape index (κ2) is 4.03. The molecule has 4 heteroatoms. The van der Waals surface area contributed by atoms with E-state index in [2.05, 4.69) is 9.97 Å². The van der Waals surface area contributed by atoms with Crippen molar-refractivity contribution in [2.75, 3.05) is 7.11 Å². The lowest BCUT2D eigenvalue weighted by atomic mass is 10.2. The van der Waals surface area contributed by atoms with Gasteiger partial charge in [-0.1, -0.05) is 18.5 Å². The van der Waals surface area contributed by atoms with Crippen LogP contribution in [0.5, 0.6) is 5.75 Å². The standard InChI is InChI=1S/C11H11ClN2O/c1-3-10-13-9-5-4-7(15-2)6-8(9)11(12)14-10/h4-6H,3H2,1-2H3. The van der Waals surface area contributed by atoms with Gasteiger partial charge < -0.3 is 4.74 Å². The highest BCUT2D eigenvalue weighted by molar-refractivity contribution is 6.34. The molecular weight excluding hydrogens is 212 g/mol. The van der Waals surface area contributed by atoms with Crippen LogP contribution in [0.15, 0.2) is 18.2 Å². The van der Waals surface area contributed by atoms with Crippen molar-refractivity contribution >= 4 is 22.5 Å². The number of rotatable bonds is 2. The van der Waals surface area contributed by atoms with Crippen molar-refractivity contribution in [2.24, 2.45) is 0 Å². The first kappa shape index (κ1) is 10.2. The van der Waals surface area contributed by atoms with Crippen LogP contribution in [0.25, 0.3) is 10.9 Å². The van der Waals surface area contributed by atoms with Gasteiger partial charge in [-0.05, 0) is 18.2 Å². The van der Waals surface area contributed by atoms with E-state index in [0.717, 1.165) is 28.9 Å². The normalized spacial score (nSPS) is 10.6. The Bertz CT molecular complexity index is 499. The van der Waals surface area contributed by atoms with Gasteiger partial charge in [0, 0.05) is 11.8 Å². The Kier molecular flexibility index (Phi) is 2.73. The number of ether oxygens (including phenoxy) is 1. The van der Waals surface area contributed by atoms with E-state index < -0.39 is 0 Å². The molecule has 1 aromatic heterocycles. The minimum absolute atomic E-state index is 0.482. The summed E-state index contributed by atoms with van der Waals surface area (Å²) < 4.78 is 5.12. The van der Waals surface area contributed by atoms with Gasteiger partial charge in [-0.25, -0.2) is 9.97 Å². The third-order valence-electron chi connectivity index (χ3n) is 2.22. The van der Waals surface area contributed by atoms with Crippen LogP contribution < -0.4 is 4.74 Å². The van der Waals surface area contributed by atoms with Gasteiger partial charge in [0.2, 0.25) is 0 Å². The zero-order chi connectivity index (χ0) is 10.8. The fourth-order valence-electron chi connectivity index (χ4n) is 1.40. The Morgan fingerprint density at radius 3 is 2.80 bits per heavy atom. The average Bonchev–Trinajstić information content (AvgIpc) is 2.28. The topological polar surface area (TPSA) is 35.0 Å². The maximum atomic E-state index is 6.06. The molecule has 0 radical (unpaired) electrons. The largest absolute Gasteiger partial charge is 0.497 e. The molecule has 0 aliphatic heterocycles. The minimum Gasteiger partial charge on any atom is -0.497 e. The van der Waals surface area contributed by atoms with Crippen LogP contribution in [0.2, 0.25) is 5.15 Å². The predicted octanol–water partition coefficient (Wildman–Crippen LogP) is 2.85. The molecule has 0 atom stereocenters. The van der Waals surface area contributed by atoms with E-state index in [0.29, 0.717) is 5.15 Å². The second-order valence-corrected chi connectivity index (χ2v) is 3.53. The van der Waals surface area contributed by atoms with E-state index in [9.17, 15) is 0 Å². The molecule has 1 aromatic carbocycles. The number of benzene rings is 1. The van der Waals surface area contributed by atoms with Gasteiger partial charge in [-0.15, -0.1) is 0 Å². The molecule has 0 saturated heterocycles. The van der Waals surface area contributed by atoms with E-state index in [4.69, 9.17) is 16.3 Å². The SMILES string of the molecule is CCc1nc(Cl)c2cc(OC)ccc2n1. The summed E-state index contributed by atoms with van der Waals surface area (Å²) in [5.41, 5.74) is 0.854. The van der Waals surface area contributed by atoms with Gasteiger partial charge >= 0.3 is 0 Å². The Balaban J connectivity index is 2.68. The van der Waals surface area contributed by atoms with Crippen LogP contribution in [0.1, 0.15) is 12.7 Å². The predicted molar refractivity (Wildman–Crippen MR) is 60.5 cm³/mol. The van der Waals surface area contributed by atoms with Gasteiger partial charge in [-0.2, -0.15) is 0 Å². The van der Waals surface area contributed by atoms with Crippen molar-refractivity contribution in [3.63, 3.8) is 0 Å².